The molecule has 6 nitrogen and oxygen atoms in total. The van der Waals surface area contributed by atoms with Crippen LogP contribution in [0, 0.1) is 0 Å². The molecule has 0 bridgehead atoms. The first-order valence-corrected chi connectivity index (χ1v) is 4.11. The molecule has 0 atom stereocenters. The Kier molecular flexibility index (Phi) is 3.22. The fourth-order valence-electron chi connectivity index (χ4n) is 0.791. The summed E-state index contributed by atoms with van der Waals surface area (Å²) in [4.78, 5) is 20.4. The maximum Gasteiger partial charge on any atom is 0.241 e. The van der Waals surface area contributed by atoms with Gasteiger partial charge in [-0.1, -0.05) is 0 Å². The number of carbonyl (C=O) groups is 1. The third-order valence-corrected chi connectivity index (χ3v) is 1.57. The fraction of sp³-hybridized carbons (Fsp3) is 0.375. The number of hydrogen-bond acceptors (Lipinski definition) is 5. The van der Waals surface area contributed by atoms with Crippen LogP contribution in [0.15, 0.2) is 12.4 Å². The topological polar surface area (TPSA) is 84.1 Å². The molecule has 1 rings (SSSR count). The Balaban J connectivity index is 2.50. The van der Waals surface area contributed by atoms with Crippen LogP contribution in [0.25, 0.3) is 0 Å². The van der Waals surface area contributed by atoms with Crippen LogP contribution in [0.3, 0.4) is 0 Å². The number of nitrogen functional groups attached to an aromatic ring is 1. The lowest BCUT2D eigenvalue weighted by molar-refractivity contribution is -0.126. The number of nitrogens with zero attached hydrogens (tertiary/aromatic N) is 3. The fourth-order valence-corrected chi connectivity index (χ4v) is 0.791. The quantitative estimate of drug-likeness (QED) is 0.683. The molecule has 0 spiro atoms. The largest absolute Gasteiger partial charge is 0.382 e. The van der Waals surface area contributed by atoms with Crippen molar-refractivity contribution in [1.82, 2.24) is 14.9 Å². The number of hydrogen-bond donors (Lipinski definition) is 2. The van der Waals surface area contributed by atoms with Gasteiger partial charge in [0.15, 0.2) is 0 Å². The number of nitrogens with two attached hydrogens (primary N) is 1. The van der Waals surface area contributed by atoms with Gasteiger partial charge in [-0.15, -0.1) is 0 Å². The van der Waals surface area contributed by atoms with Crippen LogP contribution in [0.1, 0.15) is 0 Å². The van der Waals surface area contributed by atoms with Gasteiger partial charge in [0, 0.05) is 14.1 Å². The maximum absolute atomic E-state index is 11.2. The van der Waals surface area contributed by atoms with Crippen molar-refractivity contribution in [3.8, 4) is 0 Å². The van der Waals surface area contributed by atoms with Gasteiger partial charge in [-0.25, -0.2) is 4.98 Å². The lowest BCUT2D eigenvalue weighted by atomic mass is 10.5. The van der Waals surface area contributed by atoms with E-state index in [1.54, 1.807) is 14.1 Å². The zero-order valence-corrected chi connectivity index (χ0v) is 8.19. The molecule has 1 aromatic rings. The van der Waals surface area contributed by atoms with E-state index in [0.29, 0.717) is 11.6 Å². The van der Waals surface area contributed by atoms with Crippen LogP contribution in [-0.4, -0.2) is 41.4 Å². The second-order valence-electron chi connectivity index (χ2n) is 2.97. The summed E-state index contributed by atoms with van der Waals surface area (Å²) in [6, 6.07) is 0. The summed E-state index contributed by atoms with van der Waals surface area (Å²) in [5.41, 5.74) is 5.42. The highest BCUT2D eigenvalue weighted by atomic mass is 16.2. The predicted molar refractivity (Wildman–Crippen MR) is 53.6 cm³/mol. The smallest absolute Gasteiger partial charge is 0.241 e. The molecule has 0 saturated heterocycles. The van der Waals surface area contributed by atoms with Gasteiger partial charge in [0.05, 0.1) is 18.9 Å². The first-order chi connectivity index (χ1) is 6.59. The second kappa shape index (κ2) is 4.40. The Morgan fingerprint density at radius 3 is 2.86 bits per heavy atom. The molecule has 3 N–H and O–H groups in total. The monoisotopic (exact) mass is 195 g/mol. The summed E-state index contributed by atoms with van der Waals surface area (Å²) >= 11 is 0. The number of anilines is 2. The third kappa shape index (κ3) is 2.89. The Morgan fingerprint density at radius 1 is 1.57 bits per heavy atom. The Labute approximate surface area is 82.1 Å². The lowest BCUT2D eigenvalue weighted by Crippen LogP contribution is -2.28. The first kappa shape index (κ1) is 10.2. The van der Waals surface area contributed by atoms with E-state index in [9.17, 15) is 4.79 Å². The number of amides is 1. The Morgan fingerprint density at radius 2 is 2.29 bits per heavy atom. The number of likely N-dealkylation sites (N-methyl/N-ethyl adjacent to an activating group) is 1. The van der Waals surface area contributed by atoms with Gasteiger partial charge in [-0.05, 0) is 0 Å². The minimum atomic E-state index is -0.0331. The van der Waals surface area contributed by atoms with E-state index in [-0.39, 0.29) is 12.5 Å². The van der Waals surface area contributed by atoms with Crippen molar-refractivity contribution in [1.29, 1.82) is 0 Å². The van der Waals surface area contributed by atoms with Crippen LogP contribution in [0.4, 0.5) is 11.6 Å². The molecule has 0 aliphatic rings. The van der Waals surface area contributed by atoms with Gasteiger partial charge in [0.25, 0.3) is 0 Å². The van der Waals surface area contributed by atoms with Gasteiger partial charge >= 0.3 is 0 Å². The molecular formula is C8H13N5O. The SMILES string of the molecule is CN(C)C(=O)CNc1cncc(N)n1. The normalized spacial score (nSPS) is 9.57. The van der Waals surface area contributed by atoms with Crippen molar-refractivity contribution in [3.05, 3.63) is 12.4 Å². The highest BCUT2D eigenvalue weighted by molar-refractivity contribution is 5.79. The third-order valence-electron chi connectivity index (χ3n) is 1.57. The van der Waals surface area contributed by atoms with E-state index >= 15 is 0 Å². The minimum Gasteiger partial charge on any atom is -0.382 e. The molecule has 0 aromatic carbocycles. The lowest BCUT2D eigenvalue weighted by Gasteiger charge is -2.10. The van der Waals surface area contributed by atoms with Crippen molar-refractivity contribution in [2.75, 3.05) is 31.7 Å². The summed E-state index contributed by atoms with van der Waals surface area (Å²) in [6.45, 7) is 0.186. The van der Waals surface area contributed by atoms with Crippen molar-refractivity contribution in [2.24, 2.45) is 0 Å². The number of rotatable bonds is 3. The summed E-state index contributed by atoms with van der Waals surface area (Å²) in [5.74, 6) is 0.793. The maximum atomic E-state index is 11.2. The summed E-state index contributed by atoms with van der Waals surface area (Å²) in [5, 5.41) is 2.82. The molecule has 0 aliphatic heterocycles. The van der Waals surface area contributed by atoms with Gasteiger partial charge in [-0.2, -0.15) is 0 Å². The van der Waals surface area contributed by atoms with Crippen molar-refractivity contribution < 1.29 is 4.79 Å². The van der Waals surface area contributed by atoms with Crippen LogP contribution in [-0.2, 0) is 4.79 Å². The summed E-state index contributed by atoms with van der Waals surface area (Å²) < 4.78 is 0. The average molecular weight is 195 g/mol. The highest BCUT2D eigenvalue weighted by Gasteiger charge is 2.03. The van der Waals surface area contributed by atoms with Crippen molar-refractivity contribution in [3.63, 3.8) is 0 Å². The molecule has 0 saturated carbocycles. The van der Waals surface area contributed by atoms with E-state index < -0.39 is 0 Å². The molecule has 0 fully saturated rings. The molecule has 1 amide bonds. The minimum absolute atomic E-state index is 0.0331. The molecule has 1 aromatic heterocycles. The second-order valence-corrected chi connectivity index (χ2v) is 2.97. The number of aromatic nitrogens is 2. The number of carbonyl (C=O) groups excluding carboxylic acids is 1. The van der Waals surface area contributed by atoms with E-state index in [4.69, 9.17) is 5.73 Å². The molecule has 0 radical (unpaired) electrons. The zero-order chi connectivity index (χ0) is 10.6. The van der Waals surface area contributed by atoms with E-state index in [1.165, 1.54) is 17.3 Å². The molecule has 76 valence electrons. The summed E-state index contributed by atoms with van der Waals surface area (Å²) in [7, 11) is 3.38. The molecule has 1 heterocycles. The van der Waals surface area contributed by atoms with E-state index in [0.717, 1.165) is 0 Å². The number of nitrogens with one attached hydrogen (secondary N) is 1. The Hall–Kier alpha value is -1.85. The van der Waals surface area contributed by atoms with Crippen molar-refractivity contribution in [2.45, 2.75) is 0 Å². The average Bonchev–Trinajstić information content (AvgIpc) is 2.14. The van der Waals surface area contributed by atoms with E-state index in [1.807, 2.05) is 0 Å². The van der Waals surface area contributed by atoms with Gasteiger partial charge in [-0.3, -0.25) is 9.78 Å². The molecule has 0 unspecified atom stereocenters. The van der Waals surface area contributed by atoms with Crippen LogP contribution >= 0.6 is 0 Å². The van der Waals surface area contributed by atoms with Crippen LogP contribution in [0.5, 0.6) is 0 Å². The zero-order valence-electron chi connectivity index (χ0n) is 8.19. The van der Waals surface area contributed by atoms with Gasteiger partial charge < -0.3 is 16.0 Å². The van der Waals surface area contributed by atoms with E-state index in [2.05, 4.69) is 15.3 Å². The molecule has 6 heteroatoms. The van der Waals surface area contributed by atoms with Gasteiger partial charge in [0.1, 0.15) is 11.6 Å². The van der Waals surface area contributed by atoms with Crippen LogP contribution < -0.4 is 11.1 Å². The highest BCUT2D eigenvalue weighted by Crippen LogP contribution is 2.01. The van der Waals surface area contributed by atoms with Crippen LogP contribution in [0.2, 0.25) is 0 Å². The molecule has 14 heavy (non-hydrogen) atoms. The summed E-state index contributed by atoms with van der Waals surface area (Å²) in [6.07, 6.45) is 2.96. The van der Waals surface area contributed by atoms with Crippen molar-refractivity contribution >= 4 is 17.5 Å². The molecule has 0 aliphatic carbocycles. The standard InChI is InChI=1S/C8H13N5O/c1-13(2)8(14)5-11-7-4-10-3-6(9)12-7/h3-4H,5H2,1-2H3,(H3,9,11,12). The molecular weight excluding hydrogens is 182 g/mol. The predicted octanol–water partition coefficient (Wildman–Crippen LogP) is -0.441. The Bertz CT molecular complexity index is 325. The first-order valence-electron chi connectivity index (χ1n) is 4.11. The van der Waals surface area contributed by atoms with Gasteiger partial charge in [0.2, 0.25) is 5.91 Å².